The van der Waals surface area contributed by atoms with Crippen molar-refractivity contribution in [2.75, 3.05) is 6.26 Å². The minimum absolute atomic E-state index is 0.267. The molecule has 3 nitrogen and oxygen atoms in total. The van der Waals surface area contributed by atoms with Crippen LogP contribution in [0.3, 0.4) is 0 Å². The molecule has 0 aliphatic rings. The summed E-state index contributed by atoms with van der Waals surface area (Å²) in [5.41, 5.74) is 1.60. The molecule has 0 aromatic carbocycles. The van der Waals surface area contributed by atoms with E-state index in [0.29, 0.717) is 5.65 Å². The van der Waals surface area contributed by atoms with Crippen molar-refractivity contribution in [2.24, 2.45) is 0 Å². The van der Waals surface area contributed by atoms with E-state index < -0.39 is 0 Å². The van der Waals surface area contributed by atoms with Crippen LogP contribution >= 0.6 is 34.7 Å². The second kappa shape index (κ2) is 3.40. The molecular weight excluding hydrogens is 226 g/mol. The first-order valence-electron chi connectivity index (χ1n) is 3.55. The molecule has 2 rings (SSSR count). The average molecular weight is 232 g/mol. The van der Waals surface area contributed by atoms with E-state index in [9.17, 15) is 0 Å². The van der Waals surface area contributed by atoms with Gasteiger partial charge in [0.15, 0.2) is 9.99 Å². The number of hydrogen-bond acceptors (Lipinski definition) is 5. The van der Waals surface area contributed by atoms with E-state index in [0.717, 1.165) is 14.7 Å². The van der Waals surface area contributed by atoms with Crippen molar-refractivity contribution in [3.63, 3.8) is 0 Å². The summed E-state index contributed by atoms with van der Waals surface area (Å²) in [5, 5.41) is 0.267. The molecule has 13 heavy (non-hydrogen) atoms. The Morgan fingerprint density at radius 1 is 1.31 bits per heavy atom. The molecule has 0 atom stereocenters. The van der Waals surface area contributed by atoms with Gasteiger partial charge in [0, 0.05) is 0 Å². The van der Waals surface area contributed by atoms with Gasteiger partial charge in [-0.05, 0) is 24.8 Å². The summed E-state index contributed by atoms with van der Waals surface area (Å²) in [4.78, 5) is 12.4. The first-order chi connectivity index (χ1) is 6.20. The van der Waals surface area contributed by atoms with Crippen molar-refractivity contribution >= 4 is 45.0 Å². The number of rotatable bonds is 1. The van der Waals surface area contributed by atoms with Crippen molar-refractivity contribution in [1.29, 1.82) is 0 Å². The van der Waals surface area contributed by atoms with Gasteiger partial charge < -0.3 is 0 Å². The number of thiazole rings is 1. The maximum atomic E-state index is 5.71. The van der Waals surface area contributed by atoms with Gasteiger partial charge in [0.25, 0.3) is 0 Å². The molecule has 2 aromatic rings. The van der Waals surface area contributed by atoms with Gasteiger partial charge >= 0.3 is 0 Å². The fourth-order valence-corrected chi connectivity index (χ4v) is 2.64. The minimum atomic E-state index is 0.267. The number of aryl methyl sites for hydroxylation is 1. The van der Waals surface area contributed by atoms with E-state index in [4.69, 9.17) is 11.6 Å². The molecule has 2 heterocycles. The van der Waals surface area contributed by atoms with Crippen LogP contribution in [0.4, 0.5) is 0 Å². The Morgan fingerprint density at radius 3 is 2.77 bits per heavy atom. The van der Waals surface area contributed by atoms with E-state index in [1.165, 1.54) is 0 Å². The molecule has 0 fully saturated rings. The Balaban J connectivity index is 2.75. The second-order valence-corrected chi connectivity index (χ2v) is 4.81. The zero-order valence-electron chi connectivity index (χ0n) is 7.04. The van der Waals surface area contributed by atoms with E-state index in [1.807, 2.05) is 13.2 Å². The molecule has 0 N–H and O–H groups in total. The van der Waals surface area contributed by atoms with Crippen molar-refractivity contribution in [3.8, 4) is 0 Å². The van der Waals surface area contributed by atoms with E-state index in [2.05, 4.69) is 15.0 Å². The van der Waals surface area contributed by atoms with Crippen LogP contribution in [0.1, 0.15) is 5.69 Å². The summed E-state index contributed by atoms with van der Waals surface area (Å²) < 4.78 is 2.02. The monoisotopic (exact) mass is 231 g/mol. The van der Waals surface area contributed by atoms with Gasteiger partial charge in [-0.2, -0.15) is 4.98 Å². The Morgan fingerprint density at radius 2 is 2.08 bits per heavy atom. The highest BCUT2D eigenvalue weighted by molar-refractivity contribution is 8.00. The third-order valence-electron chi connectivity index (χ3n) is 1.55. The Hall–Kier alpha value is -0.390. The van der Waals surface area contributed by atoms with Crippen LogP contribution in [0.15, 0.2) is 4.34 Å². The van der Waals surface area contributed by atoms with Crippen molar-refractivity contribution < 1.29 is 0 Å². The number of fused-ring (bicyclic) bond motifs is 1. The molecule has 0 amide bonds. The number of halogens is 1. The van der Waals surface area contributed by atoms with Crippen molar-refractivity contribution in [2.45, 2.75) is 11.3 Å². The second-order valence-electron chi connectivity index (χ2n) is 2.41. The van der Waals surface area contributed by atoms with E-state index in [1.54, 1.807) is 23.1 Å². The molecule has 0 bridgehead atoms. The predicted molar refractivity (Wildman–Crippen MR) is 56.7 cm³/mol. The molecular formula is C7H6ClN3S2. The molecule has 0 aliphatic heterocycles. The fourth-order valence-electron chi connectivity index (χ4n) is 0.993. The van der Waals surface area contributed by atoms with Crippen LogP contribution in [0.5, 0.6) is 0 Å². The van der Waals surface area contributed by atoms with Crippen LogP contribution in [0, 0.1) is 6.92 Å². The van der Waals surface area contributed by atoms with Gasteiger partial charge in [0.1, 0.15) is 0 Å². The third kappa shape index (κ3) is 1.63. The molecule has 0 unspecified atom stereocenters. The zero-order valence-corrected chi connectivity index (χ0v) is 9.43. The lowest BCUT2D eigenvalue weighted by Crippen LogP contribution is -1.86. The van der Waals surface area contributed by atoms with Crippen molar-refractivity contribution in [1.82, 2.24) is 15.0 Å². The van der Waals surface area contributed by atoms with Crippen LogP contribution in [-0.4, -0.2) is 21.2 Å². The van der Waals surface area contributed by atoms with Crippen LogP contribution in [0.2, 0.25) is 5.28 Å². The van der Waals surface area contributed by atoms with E-state index >= 15 is 0 Å². The Labute approximate surface area is 88.6 Å². The maximum Gasteiger partial charge on any atom is 0.224 e. The standard InChI is InChI=1S/C7H6ClN3S2/c1-3-4-5(10-6(8)9-3)11-7(12-2)13-4/h1-2H3. The Bertz CT molecular complexity index is 454. The number of thioether (sulfide) groups is 1. The number of aromatic nitrogens is 3. The largest absolute Gasteiger partial charge is 0.224 e. The van der Waals surface area contributed by atoms with Crippen LogP contribution in [-0.2, 0) is 0 Å². The smallest absolute Gasteiger partial charge is 0.222 e. The molecule has 0 radical (unpaired) electrons. The lowest BCUT2D eigenvalue weighted by atomic mass is 10.4. The highest BCUT2D eigenvalue weighted by Crippen LogP contribution is 2.29. The molecule has 2 aromatic heterocycles. The molecule has 0 saturated heterocycles. The highest BCUT2D eigenvalue weighted by Gasteiger charge is 2.08. The molecule has 68 valence electrons. The van der Waals surface area contributed by atoms with Gasteiger partial charge in [-0.15, -0.1) is 11.3 Å². The SMILES string of the molecule is CSc1nc2nc(Cl)nc(C)c2s1. The Kier molecular flexibility index (Phi) is 2.40. The summed E-state index contributed by atoms with van der Waals surface area (Å²) in [7, 11) is 0. The lowest BCUT2D eigenvalue weighted by Gasteiger charge is -1.92. The van der Waals surface area contributed by atoms with Gasteiger partial charge in [0.05, 0.1) is 10.4 Å². The topological polar surface area (TPSA) is 38.7 Å². The van der Waals surface area contributed by atoms with Gasteiger partial charge in [-0.25, -0.2) is 9.97 Å². The van der Waals surface area contributed by atoms with Gasteiger partial charge in [-0.1, -0.05) is 11.8 Å². The predicted octanol–water partition coefficient (Wildman–Crippen LogP) is 2.77. The summed E-state index contributed by atoms with van der Waals surface area (Å²) in [6, 6.07) is 0. The molecule has 0 aliphatic carbocycles. The first kappa shape index (κ1) is 9.18. The molecule has 6 heteroatoms. The zero-order chi connectivity index (χ0) is 9.42. The molecule has 0 spiro atoms. The van der Waals surface area contributed by atoms with Crippen LogP contribution < -0.4 is 0 Å². The van der Waals surface area contributed by atoms with Crippen LogP contribution in [0.25, 0.3) is 10.3 Å². The fraction of sp³-hybridized carbons (Fsp3) is 0.286. The lowest BCUT2D eigenvalue weighted by molar-refractivity contribution is 1.13. The third-order valence-corrected chi connectivity index (χ3v) is 3.86. The normalized spacial score (nSPS) is 11.0. The number of nitrogens with zero attached hydrogens (tertiary/aromatic N) is 3. The first-order valence-corrected chi connectivity index (χ1v) is 5.97. The summed E-state index contributed by atoms with van der Waals surface area (Å²) in [6.45, 7) is 1.91. The summed E-state index contributed by atoms with van der Waals surface area (Å²) >= 11 is 8.92. The quantitative estimate of drug-likeness (QED) is 0.559. The van der Waals surface area contributed by atoms with Gasteiger partial charge in [-0.3, -0.25) is 0 Å². The minimum Gasteiger partial charge on any atom is -0.222 e. The summed E-state index contributed by atoms with van der Waals surface area (Å²) in [5.74, 6) is 0. The van der Waals surface area contributed by atoms with Gasteiger partial charge in [0.2, 0.25) is 5.28 Å². The number of hydrogen-bond donors (Lipinski definition) is 0. The maximum absolute atomic E-state index is 5.71. The summed E-state index contributed by atoms with van der Waals surface area (Å²) in [6.07, 6.45) is 1.99. The van der Waals surface area contributed by atoms with Crippen molar-refractivity contribution in [3.05, 3.63) is 11.0 Å². The molecule has 0 saturated carbocycles. The average Bonchev–Trinajstić information content (AvgIpc) is 2.47. The van der Waals surface area contributed by atoms with E-state index in [-0.39, 0.29) is 5.28 Å². The highest BCUT2D eigenvalue weighted by atomic mass is 35.5.